The summed E-state index contributed by atoms with van der Waals surface area (Å²) in [5.74, 6) is -0.405. The van der Waals surface area contributed by atoms with E-state index in [-0.39, 0.29) is 19.0 Å². The number of hydrogen-bond acceptors (Lipinski definition) is 5. The molecule has 0 bridgehead atoms. The Bertz CT molecular complexity index is 1030. The predicted octanol–water partition coefficient (Wildman–Crippen LogP) is 2.36. The van der Waals surface area contributed by atoms with Crippen molar-refractivity contribution >= 4 is 34.0 Å². The van der Waals surface area contributed by atoms with Gasteiger partial charge in [0, 0.05) is 36.4 Å². The van der Waals surface area contributed by atoms with E-state index in [9.17, 15) is 18.4 Å². The number of carboxylic acids is 1. The molecule has 9 heteroatoms. The fourth-order valence-electron chi connectivity index (χ4n) is 5.11. The molecule has 1 N–H and O–H groups in total. The predicted molar refractivity (Wildman–Crippen MR) is 115 cm³/mol. The van der Waals surface area contributed by atoms with Crippen LogP contribution in [0.15, 0.2) is 18.2 Å². The number of ether oxygens (including phenoxy) is 1. The standard InChI is InChI=1S/C22H28N2O6S/c1-2-23(13-21(25)26)22(27)16-4-6-20-18(12-16)17-11-15(14-7-9-30-10-8-14)3-5-19(17)24(20)31(28)29/h4,6,12,14-15H,2-3,5,7-11,13H2,1H3,(H,25,26)(H,28,29)/p-1. The summed E-state index contributed by atoms with van der Waals surface area (Å²) in [6.45, 7) is 3.18. The second-order valence-corrected chi connectivity index (χ2v) is 9.13. The monoisotopic (exact) mass is 447 g/mol. The van der Waals surface area contributed by atoms with Crippen LogP contribution >= 0.6 is 0 Å². The van der Waals surface area contributed by atoms with Gasteiger partial charge < -0.3 is 19.3 Å². The molecular formula is C22H27N2O6S-. The first-order chi connectivity index (χ1) is 14.9. The lowest BCUT2D eigenvalue weighted by Crippen LogP contribution is -2.35. The number of benzene rings is 1. The highest BCUT2D eigenvalue weighted by atomic mass is 32.2. The van der Waals surface area contributed by atoms with Gasteiger partial charge >= 0.3 is 5.97 Å². The van der Waals surface area contributed by atoms with Gasteiger partial charge in [-0.25, -0.2) is 0 Å². The van der Waals surface area contributed by atoms with Gasteiger partial charge in [-0.05, 0) is 74.6 Å². The van der Waals surface area contributed by atoms with Crippen molar-refractivity contribution in [2.24, 2.45) is 11.8 Å². The number of likely N-dealkylation sites (N-methyl/N-ethyl adjacent to an activating group) is 1. The Kier molecular flexibility index (Phi) is 6.45. The molecule has 8 nitrogen and oxygen atoms in total. The Morgan fingerprint density at radius 2 is 2.00 bits per heavy atom. The van der Waals surface area contributed by atoms with Crippen LogP contribution in [0, 0.1) is 11.8 Å². The van der Waals surface area contributed by atoms with Gasteiger partial charge in [0.15, 0.2) is 0 Å². The van der Waals surface area contributed by atoms with Crippen molar-refractivity contribution < 1.29 is 28.2 Å². The molecule has 1 amide bonds. The lowest BCUT2D eigenvalue weighted by atomic mass is 9.75. The van der Waals surface area contributed by atoms with Gasteiger partial charge in [-0.15, -0.1) is 0 Å². The molecule has 1 aromatic heterocycles. The van der Waals surface area contributed by atoms with E-state index in [0.29, 0.717) is 29.3 Å². The van der Waals surface area contributed by atoms with Gasteiger partial charge in [0.1, 0.15) is 6.54 Å². The Hall–Kier alpha value is -2.23. The van der Waals surface area contributed by atoms with E-state index in [2.05, 4.69) is 0 Å². The van der Waals surface area contributed by atoms with E-state index in [1.807, 2.05) is 0 Å². The highest BCUT2D eigenvalue weighted by molar-refractivity contribution is 7.77. The van der Waals surface area contributed by atoms with E-state index >= 15 is 0 Å². The van der Waals surface area contributed by atoms with Crippen LogP contribution in [0.3, 0.4) is 0 Å². The molecule has 2 atom stereocenters. The summed E-state index contributed by atoms with van der Waals surface area (Å²) in [5, 5.41) is 9.85. The maximum Gasteiger partial charge on any atom is 0.323 e. The zero-order valence-electron chi connectivity index (χ0n) is 17.5. The minimum Gasteiger partial charge on any atom is -0.755 e. The third-order valence-electron chi connectivity index (χ3n) is 6.68. The van der Waals surface area contributed by atoms with Gasteiger partial charge in [0.25, 0.3) is 5.91 Å². The minimum atomic E-state index is -2.44. The highest BCUT2D eigenvalue weighted by Crippen LogP contribution is 2.40. The molecule has 1 fully saturated rings. The lowest BCUT2D eigenvalue weighted by Gasteiger charge is -2.33. The normalized spacial score (nSPS) is 20.4. The molecule has 2 unspecified atom stereocenters. The lowest BCUT2D eigenvalue weighted by molar-refractivity contribution is -0.137. The van der Waals surface area contributed by atoms with E-state index in [4.69, 9.17) is 9.84 Å². The molecule has 0 saturated carbocycles. The molecule has 1 saturated heterocycles. The number of amides is 1. The van der Waals surface area contributed by atoms with E-state index in [1.165, 1.54) is 8.87 Å². The molecule has 1 aromatic carbocycles. The van der Waals surface area contributed by atoms with Crippen molar-refractivity contribution in [1.29, 1.82) is 0 Å². The number of rotatable bonds is 6. The van der Waals surface area contributed by atoms with Gasteiger partial charge in [-0.3, -0.25) is 17.8 Å². The van der Waals surface area contributed by atoms with E-state index in [1.54, 1.807) is 25.1 Å². The topological polar surface area (TPSA) is 112 Å². The van der Waals surface area contributed by atoms with Crippen molar-refractivity contribution in [3.05, 3.63) is 35.0 Å². The van der Waals surface area contributed by atoms with Crippen LogP contribution in [0.1, 0.15) is 47.8 Å². The quantitative estimate of drug-likeness (QED) is 0.681. The second kappa shape index (κ2) is 9.10. The fraction of sp³-hybridized carbons (Fsp3) is 0.545. The molecule has 1 aliphatic carbocycles. The zero-order chi connectivity index (χ0) is 22.1. The Balaban J connectivity index is 1.74. The Morgan fingerprint density at radius 3 is 2.65 bits per heavy atom. The summed E-state index contributed by atoms with van der Waals surface area (Å²) in [4.78, 5) is 25.3. The molecule has 1 aliphatic heterocycles. The average Bonchev–Trinajstić information content (AvgIpc) is 3.10. The molecular weight excluding hydrogens is 420 g/mol. The smallest absolute Gasteiger partial charge is 0.323 e. The van der Waals surface area contributed by atoms with Crippen LogP contribution in [0.4, 0.5) is 0 Å². The highest BCUT2D eigenvalue weighted by Gasteiger charge is 2.32. The molecule has 0 radical (unpaired) electrons. The van der Waals surface area contributed by atoms with Crippen LogP contribution in [0.2, 0.25) is 0 Å². The summed E-state index contributed by atoms with van der Waals surface area (Å²) in [5.41, 5.74) is 2.75. The first kappa shape index (κ1) is 22.0. The number of carbonyl (C=O) groups excluding carboxylic acids is 1. The largest absolute Gasteiger partial charge is 0.755 e. The fourth-order valence-corrected chi connectivity index (χ4v) is 5.81. The van der Waals surface area contributed by atoms with Crippen molar-refractivity contribution in [3.8, 4) is 0 Å². The Morgan fingerprint density at radius 1 is 1.26 bits per heavy atom. The number of carboxylic acid groups (broad SMARTS) is 1. The summed E-state index contributed by atoms with van der Waals surface area (Å²) in [7, 11) is 0. The maximum absolute atomic E-state index is 12.9. The third-order valence-corrected chi connectivity index (χ3v) is 7.39. The number of nitrogens with zero attached hydrogens (tertiary/aromatic N) is 2. The van der Waals surface area contributed by atoms with Crippen molar-refractivity contribution in [1.82, 2.24) is 8.87 Å². The molecule has 31 heavy (non-hydrogen) atoms. The third kappa shape index (κ3) is 4.26. The first-order valence-electron chi connectivity index (χ1n) is 10.8. The Labute approximate surface area is 183 Å². The second-order valence-electron chi connectivity index (χ2n) is 8.33. The molecule has 2 aromatic rings. The molecule has 168 valence electrons. The summed E-state index contributed by atoms with van der Waals surface area (Å²) < 4.78 is 30.9. The van der Waals surface area contributed by atoms with Crippen LogP contribution in [-0.2, 0) is 33.6 Å². The summed E-state index contributed by atoms with van der Waals surface area (Å²) in [6.07, 6.45) is 4.46. The maximum atomic E-state index is 12.9. The number of fused-ring (bicyclic) bond motifs is 3. The van der Waals surface area contributed by atoms with Gasteiger partial charge in [0.2, 0.25) is 0 Å². The molecule has 2 aliphatic rings. The number of carbonyl (C=O) groups is 2. The molecule has 4 rings (SSSR count). The minimum absolute atomic E-state index is 0.276. The van der Waals surface area contributed by atoms with Crippen molar-refractivity contribution in [3.63, 3.8) is 0 Å². The molecule has 0 spiro atoms. The van der Waals surface area contributed by atoms with Crippen LogP contribution in [-0.4, -0.2) is 60.9 Å². The van der Waals surface area contributed by atoms with Crippen LogP contribution in [0.25, 0.3) is 10.9 Å². The summed E-state index contributed by atoms with van der Waals surface area (Å²) in [6, 6.07) is 4.98. The van der Waals surface area contributed by atoms with Crippen LogP contribution < -0.4 is 0 Å². The average molecular weight is 448 g/mol. The zero-order valence-corrected chi connectivity index (χ0v) is 18.4. The van der Waals surface area contributed by atoms with Gasteiger partial charge in [0.05, 0.1) is 16.8 Å². The van der Waals surface area contributed by atoms with Gasteiger partial charge in [-0.1, -0.05) is 0 Å². The molecule has 2 heterocycles. The first-order valence-corrected chi connectivity index (χ1v) is 11.8. The van der Waals surface area contributed by atoms with E-state index < -0.39 is 17.2 Å². The SMILES string of the molecule is CCN(CC(=O)O)C(=O)c1ccc2c(c1)c1c(n2S(=O)[O-])CCC(C2CCOCC2)C1. The van der Waals surface area contributed by atoms with E-state index in [0.717, 1.165) is 55.5 Å². The van der Waals surface area contributed by atoms with Gasteiger partial charge in [-0.2, -0.15) is 0 Å². The number of aliphatic carboxylic acids is 1. The van der Waals surface area contributed by atoms with Crippen molar-refractivity contribution in [2.75, 3.05) is 26.3 Å². The summed E-state index contributed by atoms with van der Waals surface area (Å²) >= 11 is -2.44. The van der Waals surface area contributed by atoms with Crippen LogP contribution in [0.5, 0.6) is 0 Å². The number of aromatic nitrogens is 1. The van der Waals surface area contributed by atoms with Crippen molar-refractivity contribution in [2.45, 2.75) is 39.0 Å². The number of hydrogen-bond donors (Lipinski definition) is 1.